The predicted octanol–water partition coefficient (Wildman–Crippen LogP) is 4.13. The van der Waals surface area contributed by atoms with Gasteiger partial charge in [0.05, 0.1) is 12.1 Å². The molecule has 0 aliphatic carbocycles. The van der Waals surface area contributed by atoms with Crippen molar-refractivity contribution in [2.24, 2.45) is 0 Å². The third kappa shape index (κ3) is 4.57. The van der Waals surface area contributed by atoms with Crippen molar-refractivity contribution >= 4 is 17.7 Å². The van der Waals surface area contributed by atoms with Crippen molar-refractivity contribution in [3.8, 4) is 5.75 Å². The molecule has 6 heteroatoms. The SMILES string of the molecule is O=C1CSC(c2cccc(OCc3ccccc3)c2)N1CCCn1ccnc1. The highest BCUT2D eigenvalue weighted by atomic mass is 32.2. The summed E-state index contributed by atoms with van der Waals surface area (Å²) < 4.78 is 8.00. The first-order valence-electron chi connectivity index (χ1n) is 9.43. The minimum Gasteiger partial charge on any atom is -0.489 e. The molecule has 1 aliphatic heterocycles. The second-order valence-corrected chi connectivity index (χ2v) is 7.82. The Bertz CT molecular complexity index is 899. The molecule has 0 N–H and O–H groups in total. The van der Waals surface area contributed by atoms with Crippen LogP contribution in [0.5, 0.6) is 5.75 Å². The first-order chi connectivity index (χ1) is 13.8. The molecule has 0 saturated carbocycles. The number of hydrogen-bond donors (Lipinski definition) is 0. The van der Waals surface area contributed by atoms with Gasteiger partial charge in [-0.2, -0.15) is 0 Å². The zero-order valence-electron chi connectivity index (χ0n) is 15.6. The Morgan fingerprint density at radius 2 is 2.00 bits per heavy atom. The average molecular weight is 394 g/mol. The fourth-order valence-corrected chi connectivity index (χ4v) is 4.52. The predicted molar refractivity (Wildman–Crippen MR) is 111 cm³/mol. The monoisotopic (exact) mass is 393 g/mol. The van der Waals surface area contributed by atoms with Gasteiger partial charge in [-0.3, -0.25) is 4.79 Å². The van der Waals surface area contributed by atoms with Crippen LogP contribution < -0.4 is 4.74 Å². The molecule has 1 amide bonds. The maximum Gasteiger partial charge on any atom is 0.233 e. The Balaban J connectivity index is 1.39. The van der Waals surface area contributed by atoms with E-state index in [9.17, 15) is 4.79 Å². The normalized spacial score (nSPS) is 16.5. The van der Waals surface area contributed by atoms with Crippen LogP contribution >= 0.6 is 11.8 Å². The van der Waals surface area contributed by atoms with Crippen molar-refractivity contribution in [3.05, 3.63) is 84.4 Å². The topological polar surface area (TPSA) is 47.4 Å². The Morgan fingerprint density at radius 1 is 1.11 bits per heavy atom. The number of nitrogens with zero attached hydrogens (tertiary/aromatic N) is 3. The molecule has 2 aromatic carbocycles. The number of amides is 1. The summed E-state index contributed by atoms with van der Waals surface area (Å²) in [6.45, 7) is 2.14. The van der Waals surface area contributed by atoms with Gasteiger partial charge in [0.2, 0.25) is 5.91 Å². The minimum atomic E-state index is 0.0514. The van der Waals surface area contributed by atoms with Crippen LogP contribution in [0, 0.1) is 0 Å². The summed E-state index contributed by atoms with van der Waals surface area (Å²) in [7, 11) is 0. The number of carbonyl (C=O) groups is 1. The van der Waals surface area contributed by atoms with E-state index in [1.807, 2.05) is 52.3 Å². The molecule has 1 aromatic heterocycles. The molecule has 1 atom stereocenters. The standard InChI is InChI=1S/C22H23N3O2S/c26-21-16-28-22(25(21)12-5-11-24-13-10-23-17-24)19-8-4-9-20(14-19)27-15-18-6-2-1-3-7-18/h1-4,6-10,13-14,17,22H,5,11-12,15-16H2. The van der Waals surface area contributed by atoms with Gasteiger partial charge in [-0.05, 0) is 29.7 Å². The molecule has 0 bridgehead atoms. The molecule has 3 aromatic rings. The fourth-order valence-electron chi connectivity index (χ4n) is 3.31. The highest BCUT2D eigenvalue weighted by Crippen LogP contribution is 2.39. The van der Waals surface area contributed by atoms with Crippen molar-refractivity contribution < 1.29 is 9.53 Å². The van der Waals surface area contributed by atoms with Crippen LogP contribution in [0.2, 0.25) is 0 Å². The van der Waals surface area contributed by atoms with Gasteiger partial charge < -0.3 is 14.2 Å². The van der Waals surface area contributed by atoms with E-state index in [1.54, 1.807) is 18.0 Å². The fraction of sp³-hybridized carbons (Fsp3) is 0.273. The Kier molecular flexibility index (Phi) is 5.97. The van der Waals surface area contributed by atoms with Crippen molar-refractivity contribution in [1.82, 2.24) is 14.5 Å². The number of ether oxygens (including phenoxy) is 1. The van der Waals surface area contributed by atoms with E-state index >= 15 is 0 Å². The number of aryl methyl sites for hydroxylation is 1. The van der Waals surface area contributed by atoms with Gasteiger partial charge in [0, 0.05) is 25.5 Å². The molecular formula is C22H23N3O2S. The molecule has 0 spiro atoms. The van der Waals surface area contributed by atoms with Crippen LogP contribution in [0.3, 0.4) is 0 Å². The van der Waals surface area contributed by atoms with Gasteiger partial charge in [-0.1, -0.05) is 42.5 Å². The lowest BCUT2D eigenvalue weighted by Gasteiger charge is -2.24. The van der Waals surface area contributed by atoms with Crippen LogP contribution in [0.1, 0.15) is 22.9 Å². The number of hydrogen-bond acceptors (Lipinski definition) is 4. The van der Waals surface area contributed by atoms with E-state index in [0.717, 1.165) is 36.4 Å². The summed E-state index contributed by atoms with van der Waals surface area (Å²) in [6, 6.07) is 18.2. The molecule has 1 aliphatic rings. The van der Waals surface area contributed by atoms with Crippen LogP contribution in [-0.4, -0.2) is 32.7 Å². The van der Waals surface area contributed by atoms with E-state index < -0.39 is 0 Å². The van der Waals surface area contributed by atoms with Crippen LogP contribution in [0.25, 0.3) is 0 Å². The number of thioether (sulfide) groups is 1. The van der Waals surface area contributed by atoms with E-state index in [0.29, 0.717) is 12.4 Å². The summed E-state index contributed by atoms with van der Waals surface area (Å²) in [4.78, 5) is 18.4. The lowest BCUT2D eigenvalue weighted by Crippen LogP contribution is -2.29. The summed E-state index contributed by atoms with van der Waals surface area (Å²) in [5.41, 5.74) is 2.25. The highest BCUT2D eigenvalue weighted by molar-refractivity contribution is 8.00. The van der Waals surface area contributed by atoms with Crippen LogP contribution in [0.4, 0.5) is 0 Å². The smallest absolute Gasteiger partial charge is 0.233 e. The first-order valence-corrected chi connectivity index (χ1v) is 10.5. The largest absolute Gasteiger partial charge is 0.489 e. The molecule has 1 unspecified atom stereocenters. The summed E-state index contributed by atoms with van der Waals surface area (Å²) in [6.07, 6.45) is 6.45. The van der Waals surface area contributed by atoms with Gasteiger partial charge in [0.25, 0.3) is 0 Å². The maximum absolute atomic E-state index is 12.4. The summed E-state index contributed by atoms with van der Waals surface area (Å²) in [5.74, 6) is 1.57. The highest BCUT2D eigenvalue weighted by Gasteiger charge is 2.32. The van der Waals surface area contributed by atoms with Crippen molar-refractivity contribution in [2.45, 2.75) is 24.9 Å². The molecule has 4 rings (SSSR count). The van der Waals surface area contributed by atoms with E-state index in [4.69, 9.17) is 4.74 Å². The van der Waals surface area contributed by atoms with E-state index in [2.05, 4.69) is 29.2 Å². The first kappa shape index (κ1) is 18.6. The van der Waals surface area contributed by atoms with Crippen LogP contribution in [0.15, 0.2) is 73.3 Å². The third-order valence-electron chi connectivity index (χ3n) is 4.73. The molecule has 28 heavy (non-hydrogen) atoms. The molecule has 1 fully saturated rings. The number of benzene rings is 2. The minimum absolute atomic E-state index is 0.0514. The van der Waals surface area contributed by atoms with Gasteiger partial charge in [0.1, 0.15) is 17.7 Å². The zero-order valence-corrected chi connectivity index (χ0v) is 16.4. The van der Waals surface area contributed by atoms with Gasteiger partial charge >= 0.3 is 0 Å². The maximum atomic E-state index is 12.4. The summed E-state index contributed by atoms with van der Waals surface area (Å²) >= 11 is 1.68. The Morgan fingerprint density at radius 3 is 2.82 bits per heavy atom. The number of imidazole rings is 1. The quantitative estimate of drug-likeness (QED) is 0.577. The van der Waals surface area contributed by atoms with Crippen molar-refractivity contribution in [3.63, 3.8) is 0 Å². The van der Waals surface area contributed by atoms with E-state index in [1.165, 1.54) is 0 Å². The van der Waals surface area contributed by atoms with Gasteiger partial charge in [-0.15, -0.1) is 11.8 Å². The molecular weight excluding hydrogens is 370 g/mol. The number of rotatable bonds is 8. The van der Waals surface area contributed by atoms with Gasteiger partial charge in [-0.25, -0.2) is 4.98 Å². The Labute approximate surface area is 169 Å². The molecule has 2 heterocycles. The van der Waals surface area contributed by atoms with Crippen molar-refractivity contribution in [2.75, 3.05) is 12.3 Å². The lowest BCUT2D eigenvalue weighted by atomic mass is 10.2. The molecule has 0 radical (unpaired) electrons. The van der Waals surface area contributed by atoms with E-state index in [-0.39, 0.29) is 11.3 Å². The molecule has 144 valence electrons. The second kappa shape index (κ2) is 8.97. The summed E-state index contributed by atoms with van der Waals surface area (Å²) in [5, 5.41) is 0.0514. The van der Waals surface area contributed by atoms with Gasteiger partial charge in [0.15, 0.2) is 0 Å². The number of carbonyl (C=O) groups excluding carboxylic acids is 1. The molecule has 1 saturated heterocycles. The lowest BCUT2D eigenvalue weighted by molar-refractivity contribution is -0.128. The number of aromatic nitrogens is 2. The molecule has 5 nitrogen and oxygen atoms in total. The second-order valence-electron chi connectivity index (χ2n) is 6.75. The Hall–Kier alpha value is -2.73. The zero-order chi connectivity index (χ0) is 19.2. The average Bonchev–Trinajstić information content (AvgIpc) is 3.38. The third-order valence-corrected chi connectivity index (χ3v) is 5.99. The van der Waals surface area contributed by atoms with Crippen molar-refractivity contribution in [1.29, 1.82) is 0 Å². The van der Waals surface area contributed by atoms with Crippen LogP contribution in [-0.2, 0) is 17.9 Å².